The second kappa shape index (κ2) is 3.98. The first kappa shape index (κ1) is 12.9. The summed E-state index contributed by atoms with van der Waals surface area (Å²) in [6.45, 7) is 7.74. The lowest BCUT2D eigenvalue weighted by atomic mass is 9.79. The van der Waals surface area contributed by atoms with Gasteiger partial charge in [-0.25, -0.2) is 4.79 Å². The highest BCUT2D eigenvalue weighted by Gasteiger charge is 2.74. The van der Waals surface area contributed by atoms with E-state index in [1.165, 1.54) is 19.3 Å². The highest BCUT2D eigenvalue weighted by atomic mass is 16.7. The van der Waals surface area contributed by atoms with Crippen molar-refractivity contribution in [2.45, 2.75) is 83.0 Å². The molecule has 1 aliphatic heterocycles. The summed E-state index contributed by atoms with van der Waals surface area (Å²) in [5.41, 5.74) is -1.26. The predicted molar refractivity (Wildman–Crippen MR) is 65.8 cm³/mol. The minimum Gasteiger partial charge on any atom is -0.458 e. The maximum absolute atomic E-state index is 12.3. The van der Waals surface area contributed by atoms with E-state index in [0.29, 0.717) is 0 Å². The highest BCUT2D eigenvalue weighted by Crippen LogP contribution is 2.59. The average Bonchev–Trinajstić information content (AvgIpc) is 2.86. The van der Waals surface area contributed by atoms with Crippen LogP contribution in [-0.2, 0) is 14.3 Å². The Morgan fingerprint density at radius 3 is 2.29 bits per heavy atom. The van der Waals surface area contributed by atoms with Gasteiger partial charge in [0.25, 0.3) is 0 Å². The lowest BCUT2D eigenvalue weighted by Crippen LogP contribution is -2.40. The molecule has 17 heavy (non-hydrogen) atoms. The van der Waals surface area contributed by atoms with E-state index in [9.17, 15) is 4.79 Å². The van der Waals surface area contributed by atoms with Crippen LogP contribution in [-0.4, -0.2) is 22.8 Å². The molecule has 1 spiro atoms. The second-order valence-electron chi connectivity index (χ2n) is 6.34. The zero-order chi connectivity index (χ0) is 12.7. The Labute approximate surface area is 104 Å². The lowest BCUT2D eigenvalue weighted by Gasteiger charge is -2.25. The van der Waals surface area contributed by atoms with Crippen molar-refractivity contribution in [1.82, 2.24) is 0 Å². The number of carbonyl (C=O) groups excluding carboxylic acids is 1. The van der Waals surface area contributed by atoms with Crippen molar-refractivity contribution in [3.63, 3.8) is 0 Å². The Balaban J connectivity index is 2.10. The third kappa shape index (κ3) is 2.10. The van der Waals surface area contributed by atoms with Gasteiger partial charge in [-0.05, 0) is 40.0 Å². The molecule has 0 bridgehead atoms. The first-order chi connectivity index (χ1) is 7.85. The zero-order valence-corrected chi connectivity index (χ0v) is 11.5. The number of ether oxygens (including phenoxy) is 2. The Bertz CT molecular complexity index is 310. The molecule has 3 heteroatoms. The van der Waals surface area contributed by atoms with Gasteiger partial charge in [-0.1, -0.05) is 26.2 Å². The van der Waals surface area contributed by atoms with Crippen LogP contribution in [0.3, 0.4) is 0 Å². The van der Waals surface area contributed by atoms with Crippen LogP contribution >= 0.6 is 0 Å². The van der Waals surface area contributed by atoms with Gasteiger partial charge in [0.05, 0.1) is 0 Å². The van der Waals surface area contributed by atoms with Gasteiger partial charge in [-0.2, -0.15) is 0 Å². The number of rotatable bonds is 2. The maximum atomic E-state index is 12.3. The van der Waals surface area contributed by atoms with Gasteiger partial charge < -0.3 is 9.47 Å². The summed E-state index contributed by atoms with van der Waals surface area (Å²) in [5.74, 6) is -0.158. The summed E-state index contributed by atoms with van der Waals surface area (Å²) in [6, 6.07) is 0. The summed E-state index contributed by atoms with van der Waals surface area (Å²) in [6.07, 6.45) is 6.36. The van der Waals surface area contributed by atoms with Gasteiger partial charge in [-0.3, -0.25) is 0 Å². The van der Waals surface area contributed by atoms with Crippen LogP contribution in [0.4, 0.5) is 0 Å². The molecule has 1 aliphatic carbocycles. The third-order valence-electron chi connectivity index (χ3n) is 3.95. The van der Waals surface area contributed by atoms with Crippen molar-refractivity contribution in [2.24, 2.45) is 0 Å². The lowest BCUT2D eigenvalue weighted by molar-refractivity contribution is -0.161. The Morgan fingerprint density at radius 1 is 1.24 bits per heavy atom. The first-order valence-electron chi connectivity index (χ1n) is 6.79. The number of carbonyl (C=O) groups is 1. The number of epoxide rings is 1. The summed E-state index contributed by atoms with van der Waals surface area (Å²) in [4.78, 5) is 12.3. The highest BCUT2D eigenvalue weighted by molar-refractivity contribution is 5.85. The standard InChI is InChI=1S/C14H24O3/c1-5-14(11(15)16-12(2,3)4)13(17-14)9-7-6-8-10-13/h5-10H2,1-4H3. The summed E-state index contributed by atoms with van der Waals surface area (Å²) < 4.78 is 11.4. The fraction of sp³-hybridized carbons (Fsp3) is 0.929. The van der Waals surface area contributed by atoms with Gasteiger partial charge in [-0.15, -0.1) is 0 Å². The van der Waals surface area contributed by atoms with Gasteiger partial charge in [0.1, 0.15) is 11.2 Å². The van der Waals surface area contributed by atoms with Crippen LogP contribution < -0.4 is 0 Å². The molecule has 1 unspecified atom stereocenters. The third-order valence-corrected chi connectivity index (χ3v) is 3.95. The van der Waals surface area contributed by atoms with E-state index in [1.54, 1.807) is 0 Å². The largest absolute Gasteiger partial charge is 0.458 e. The van der Waals surface area contributed by atoms with Crippen LogP contribution in [0.15, 0.2) is 0 Å². The predicted octanol–water partition coefficient (Wildman–Crippen LogP) is 3.21. The molecule has 1 saturated heterocycles. The van der Waals surface area contributed by atoms with Crippen LogP contribution in [0, 0.1) is 0 Å². The van der Waals surface area contributed by atoms with E-state index in [-0.39, 0.29) is 11.6 Å². The van der Waals surface area contributed by atoms with E-state index in [2.05, 4.69) is 0 Å². The molecule has 1 heterocycles. The van der Waals surface area contributed by atoms with Crippen molar-refractivity contribution in [2.75, 3.05) is 0 Å². The molecule has 98 valence electrons. The Hall–Kier alpha value is -0.570. The average molecular weight is 240 g/mol. The van der Waals surface area contributed by atoms with Crippen molar-refractivity contribution in [1.29, 1.82) is 0 Å². The van der Waals surface area contributed by atoms with Crippen LogP contribution in [0.2, 0.25) is 0 Å². The van der Waals surface area contributed by atoms with Crippen LogP contribution in [0.5, 0.6) is 0 Å². The Morgan fingerprint density at radius 2 is 1.82 bits per heavy atom. The SMILES string of the molecule is CCC1(C(=O)OC(C)(C)C)OC12CCCCC2. The van der Waals surface area contributed by atoms with Crippen molar-refractivity contribution >= 4 is 5.97 Å². The second-order valence-corrected chi connectivity index (χ2v) is 6.34. The maximum Gasteiger partial charge on any atom is 0.342 e. The molecular formula is C14H24O3. The van der Waals surface area contributed by atoms with Crippen LogP contribution in [0.25, 0.3) is 0 Å². The van der Waals surface area contributed by atoms with Gasteiger partial charge >= 0.3 is 5.97 Å². The smallest absolute Gasteiger partial charge is 0.342 e. The minimum absolute atomic E-state index is 0.158. The molecule has 1 saturated carbocycles. The van der Waals surface area contributed by atoms with Crippen molar-refractivity contribution in [3.05, 3.63) is 0 Å². The van der Waals surface area contributed by atoms with E-state index in [4.69, 9.17) is 9.47 Å². The number of esters is 1. The quantitative estimate of drug-likeness (QED) is 0.549. The molecule has 0 aromatic rings. The van der Waals surface area contributed by atoms with Gasteiger partial charge in [0.15, 0.2) is 5.60 Å². The molecular weight excluding hydrogens is 216 g/mol. The molecule has 0 radical (unpaired) electrons. The van der Waals surface area contributed by atoms with Gasteiger partial charge in [0, 0.05) is 0 Å². The fourth-order valence-electron chi connectivity index (χ4n) is 3.06. The van der Waals surface area contributed by atoms with E-state index < -0.39 is 11.2 Å². The monoisotopic (exact) mass is 240 g/mol. The molecule has 2 fully saturated rings. The summed E-state index contributed by atoms with van der Waals surface area (Å²) in [7, 11) is 0. The molecule has 0 N–H and O–H groups in total. The summed E-state index contributed by atoms with van der Waals surface area (Å²) in [5, 5.41) is 0. The molecule has 2 aliphatic rings. The summed E-state index contributed by atoms with van der Waals surface area (Å²) >= 11 is 0. The normalized spacial score (nSPS) is 31.3. The van der Waals surface area contributed by atoms with E-state index >= 15 is 0 Å². The molecule has 2 rings (SSSR count). The van der Waals surface area contributed by atoms with Crippen LogP contribution in [0.1, 0.15) is 66.2 Å². The van der Waals surface area contributed by atoms with Crippen molar-refractivity contribution < 1.29 is 14.3 Å². The number of hydrogen-bond acceptors (Lipinski definition) is 3. The Kier molecular flexibility index (Phi) is 3.01. The molecule has 3 nitrogen and oxygen atoms in total. The van der Waals surface area contributed by atoms with Crippen molar-refractivity contribution in [3.8, 4) is 0 Å². The molecule has 0 aromatic heterocycles. The number of hydrogen-bond donors (Lipinski definition) is 0. The molecule has 1 atom stereocenters. The zero-order valence-electron chi connectivity index (χ0n) is 11.5. The minimum atomic E-state index is -0.638. The van der Waals surface area contributed by atoms with E-state index in [1.807, 2.05) is 27.7 Å². The van der Waals surface area contributed by atoms with Gasteiger partial charge in [0.2, 0.25) is 0 Å². The fourth-order valence-corrected chi connectivity index (χ4v) is 3.06. The van der Waals surface area contributed by atoms with E-state index in [0.717, 1.165) is 19.3 Å². The topological polar surface area (TPSA) is 38.8 Å². The molecule has 0 aromatic carbocycles. The first-order valence-corrected chi connectivity index (χ1v) is 6.79. The molecule has 0 amide bonds.